The van der Waals surface area contributed by atoms with Crippen molar-refractivity contribution in [2.75, 3.05) is 19.0 Å². The number of carbonyl (C=O) groups is 1. The van der Waals surface area contributed by atoms with Crippen LogP contribution in [0.3, 0.4) is 0 Å². The van der Waals surface area contributed by atoms with Gasteiger partial charge < -0.3 is 15.2 Å². The zero-order chi connectivity index (χ0) is 16.7. The van der Waals surface area contributed by atoms with Crippen LogP contribution in [-0.4, -0.2) is 30.9 Å². The molecule has 6 nitrogen and oxygen atoms in total. The Morgan fingerprint density at radius 3 is 2.91 bits per heavy atom. The maximum absolute atomic E-state index is 11.7. The van der Waals surface area contributed by atoms with Gasteiger partial charge in [0.25, 0.3) is 5.91 Å². The summed E-state index contributed by atoms with van der Waals surface area (Å²) in [6, 6.07) is 12.2. The van der Waals surface area contributed by atoms with Crippen LogP contribution in [0.4, 0.5) is 5.69 Å². The monoisotopic (exact) mass is 377 g/mol. The summed E-state index contributed by atoms with van der Waals surface area (Å²) < 4.78 is 5.99. The lowest BCUT2D eigenvalue weighted by Crippen LogP contribution is -2.25. The highest BCUT2D eigenvalue weighted by molar-refractivity contribution is 9.10. The SMILES string of the molecule is COc1ccc(O)c(/C=N\NC(=O)CNc2cccc(Br)c2)c1. The number of phenolic OH excluding ortho intramolecular Hbond substituents is 1. The van der Waals surface area contributed by atoms with Crippen LogP contribution in [0.1, 0.15) is 5.56 Å². The number of nitrogens with zero attached hydrogens (tertiary/aromatic N) is 1. The second-order valence-electron chi connectivity index (χ2n) is 4.58. The summed E-state index contributed by atoms with van der Waals surface area (Å²) in [5.41, 5.74) is 3.66. The molecule has 0 aliphatic rings. The molecule has 0 fully saturated rings. The van der Waals surface area contributed by atoms with Crippen LogP contribution in [0.5, 0.6) is 11.5 Å². The summed E-state index contributed by atoms with van der Waals surface area (Å²) >= 11 is 3.36. The Kier molecular flexibility index (Phi) is 5.99. The van der Waals surface area contributed by atoms with Gasteiger partial charge in [0.1, 0.15) is 11.5 Å². The summed E-state index contributed by atoms with van der Waals surface area (Å²) in [4.78, 5) is 11.7. The van der Waals surface area contributed by atoms with Crippen molar-refractivity contribution in [3.8, 4) is 11.5 Å². The molecule has 2 aromatic carbocycles. The molecule has 2 rings (SSSR count). The van der Waals surface area contributed by atoms with Gasteiger partial charge in [-0.2, -0.15) is 5.10 Å². The Morgan fingerprint density at radius 2 is 2.17 bits per heavy atom. The molecule has 0 aromatic heterocycles. The molecule has 1 amide bonds. The smallest absolute Gasteiger partial charge is 0.259 e. The van der Waals surface area contributed by atoms with Gasteiger partial charge in [0.2, 0.25) is 0 Å². The molecule has 0 atom stereocenters. The average Bonchev–Trinajstić information content (AvgIpc) is 2.55. The van der Waals surface area contributed by atoms with Crippen molar-refractivity contribution < 1.29 is 14.6 Å². The fourth-order valence-electron chi connectivity index (χ4n) is 1.76. The maximum atomic E-state index is 11.7. The lowest BCUT2D eigenvalue weighted by atomic mass is 10.2. The number of rotatable bonds is 6. The van der Waals surface area contributed by atoms with Gasteiger partial charge in [-0.05, 0) is 36.4 Å². The molecule has 3 N–H and O–H groups in total. The quantitative estimate of drug-likeness (QED) is 0.533. The largest absolute Gasteiger partial charge is 0.507 e. The van der Waals surface area contributed by atoms with Crippen LogP contribution in [0.2, 0.25) is 0 Å². The van der Waals surface area contributed by atoms with Crippen LogP contribution in [0.15, 0.2) is 52.0 Å². The predicted octanol–water partition coefficient (Wildman–Crippen LogP) is 2.73. The van der Waals surface area contributed by atoms with Gasteiger partial charge in [-0.1, -0.05) is 22.0 Å². The molecule has 0 aliphatic heterocycles. The summed E-state index contributed by atoms with van der Waals surface area (Å²) in [6.45, 7) is 0.0812. The van der Waals surface area contributed by atoms with Gasteiger partial charge in [-0.15, -0.1) is 0 Å². The fraction of sp³-hybridized carbons (Fsp3) is 0.125. The van der Waals surface area contributed by atoms with Crippen molar-refractivity contribution in [1.29, 1.82) is 0 Å². The molecule has 0 heterocycles. The number of nitrogens with one attached hydrogen (secondary N) is 2. The lowest BCUT2D eigenvalue weighted by molar-refractivity contribution is -0.119. The Labute approximate surface area is 142 Å². The Balaban J connectivity index is 1.86. The Bertz CT molecular complexity index is 719. The number of aromatic hydroxyl groups is 1. The first-order chi connectivity index (χ1) is 11.1. The topological polar surface area (TPSA) is 83.0 Å². The third-order valence-electron chi connectivity index (χ3n) is 2.91. The number of amides is 1. The average molecular weight is 378 g/mol. The second-order valence-corrected chi connectivity index (χ2v) is 5.50. The van der Waals surface area contributed by atoms with Crippen molar-refractivity contribution in [3.05, 3.63) is 52.5 Å². The van der Waals surface area contributed by atoms with E-state index in [0.717, 1.165) is 10.2 Å². The number of methoxy groups -OCH3 is 1. The number of benzene rings is 2. The first-order valence-corrected chi connectivity index (χ1v) is 7.56. The third-order valence-corrected chi connectivity index (χ3v) is 3.40. The van der Waals surface area contributed by atoms with E-state index < -0.39 is 0 Å². The summed E-state index contributed by atoms with van der Waals surface area (Å²) in [7, 11) is 1.53. The van der Waals surface area contributed by atoms with Gasteiger partial charge in [0.15, 0.2) is 0 Å². The minimum atomic E-state index is -0.302. The van der Waals surface area contributed by atoms with Crippen molar-refractivity contribution in [2.24, 2.45) is 5.10 Å². The summed E-state index contributed by atoms with van der Waals surface area (Å²) in [5.74, 6) is 0.339. The molecule has 7 heteroatoms. The van der Waals surface area contributed by atoms with E-state index in [0.29, 0.717) is 11.3 Å². The number of carbonyl (C=O) groups excluding carboxylic acids is 1. The molecule has 120 valence electrons. The molecule has 2 aromatic rings. The van der Waals surface area contributed by atoms with E-state index in [-0.39, 0.29) is 18.2 Å². The molecule has 0 spiro atoms. The van der Waals surface area contributed by atoms with E-state index in [1.807, 2.05) is 24.3 Å². The molecule has 0 unspecified atom stereocenters. The van der Waals surface area contributed by atoms with Crippen molar-refractivity contribution in [1.82, 2.24) is 5.43 Å². The lowest BCUT2D eigenvalue weighted by Gasteiger charge is -2.06. The first-order valence-electron chi connectivity index (χ1n) is 6.77. The van der Waals surface area contributed by atoms with E-state index >= 15 is 0 Å². The van der Waals surface area contributed by atoms with E-state index in [9.17, 15) is 9.90 Å². The number of hydrogen-bond acceptors (Lipinski definition) is 5. The highest BCUT2D eigenvalue weighted by Gasteiger charge is 2.02. The van der Waals surface area contributed by atoms with Gasteiger partial charge in [0, 0.05) is 15.7 Å². The minimum absolute atomic E-state index is 0.0519. The van der Waals surface area contributed by atoms with E-state index in [4.69, 9.17) is 4.74 Å². The van der Waals surface area contributed by atoms with Gasteiger partial charge >= 0.3 is 0 Å². The standard InChI is InChI=1S/C16H16BrN3O3/c1-23-14-5-6-15(21)11(7-14)9-19-20-16(22)10-18-13-4-2-3-12(17)8-13/h2-9,18,21H,10H2,1H3,(H,20,22)/b19-9-. The molecule has 0 radical (unpaired) electrons. The molecule has 0 aliphatic carbocycles. The number of hydrogen-bond donors (Lipinski definition) is 3. The molecule has 0 bridgehead atoms. The first kappa shape index (κ1) is 16.8. The predicted molar refractivity (Wildman–Crippen MR) is 93.0 cm³/mol. The van der Waals surface area contributed by atoms with Crippen LogP contribution >= 0.6 is 15.9 Å². The summed E-state index contributed by atoms with van der Waals surface area (Å²) in [5, 5.41) is 16.5. The van der Waals surface area contributed by atoms with Crippen LogP contribution in [-0.2, 0) is 4.79 Å². The molecular weight excluding hydrogens is 362 g/mol. The zero-order valence-electron chi connectivity index (χ0n) is 12.4. The third kappa shape index (κ3) is 5.30. The van der Waals surface area contributed by atoms with Gasteiger partial charge in [0.05, 0.1) is 19.9 Å². The number of ether oxygens (including phenoxy) is 1. The molecular formula is C16H16BrN3O3. The van der Waals surface area contributed by atoms with E-state index in [2.05, 4.69) is 31.8 Å². The molecule has 23 heavy (non-hydrogen) atoms. The Hall–Kier alpha value is -2.54. The Morgan fingerprint density at radius 1 is 1.35 bits per heavy atom. The molecule has 0 saturated heterocycles. The number of anilines is 1. The highest BCUT2D eigenvalue weighted by Crippen LogP contribution is 2.20. The van der Waals surface area contributed by atoms with Crippen LogP contribution in [0, 0.1) is 0 Å². The number of halogens is 1. The second kappa shape index (κ2) is 8.19. The van der Waals surface area contributed by atoms with Crippen molar-refractivity contribution >= 4 is 33.7 Å². The normalized spacial score (nSPS) is 10.5. The fourth-order valence-corrected chi connectivity index (χ4v) is 2.16. The summed E-state index contributed by atoms with van der Waals surface area (Å²) in [6.07, 6.45) is 1.36. The van der Waals surface area contributed by atoms with Gasteiger partial charge in [-0.25, -0.2) is 5.43 Å². The van der Waals surface area contributed by atoms with Crippen molar-refractivity contribution in [3.63, 3.8) is 0 Å². The zero-order valence-corrected chi connectivity index (χ0v) is 14.0. The van der Waals surface area contributed by atoms with Crippen LogP contribution in [0.25, 0.3) is 0 Å². The highest BCUT2D eigenvalue weighted by atomic mass is 79.9. The number of phenols is 1. The number of hydrazone groups is 1. The van der Waals surface area contributed by atoms with E-state index in [1.54, 1.807) is 12.1 Å². The van der Waals surface area contributed by atoms with Gasteiger partial charge in [-0.3, -0.25) is 4.79 Å². The molecule has 0 saturated carbocycles. The maximum Gasteiger partial charge on any atom is 0.259 e. The van der Waals surface area contributed by atoms with Crippen LogP contribution < -0.4 is 15.5 Å². The van der Waals surface area contributed by atoms with E-state index in [1.165, 1.54) is 19.4 Å². The van der Waals surface area contributed by atoms with Crippen molar-refractivity contribution in [2.45, 2.75) is 0 Å². The minimum Gasteiger partial charge on any atom is -0.507 e.